The van der Waals surface area contributed by atoms with E-state index in [0.717, 1.165) is 23.6 Å². The molecule has 0 saturated carbocycles. The summed E-state index contributed by atoms with van der Waals surface area (Å²) in [7, 11) is 0. The third kappa shape index (κ3) is 5.01. The van der Waals surface area contributed by atoms with E-state index in [0.29, 0.717) is 13.0 Å². The lowest BCUT2D eigenvalue weighted by molar-refractivity contribution is -0.139. The van der Waals surface area contributed by atoms with E-state index in [4.69, 9.17) is 5.11 Å². The standard InChI is InChI=1S/C12H19N3O2S/c1-3-4-5-10(11(16)17)13-6-9-7-14-12(18-2)15-8-9/h7-8,10,13H,3-6H2,1-2H3,(H,16,17)/t10-/m1/s1. The summed E-state index contributed by atoms with van der Waals surface area (Å²) in [6.07, 6.45) is 7.92. The number of thioether (sulfide) groups is 1. The Bertz CT molecular complexity index is 370. The van der Waals surface area contributed by atoms with Crippen LogP contribution in [0.1, 0.15) is 31.7 Å². The van der Waals surface area contributed by atoms with E-state index in [1.165, 1.54) is 11.8 Å². The van der Waals surface area contributed by atoms with Gasteiger partial charge in [-0.25, -0.2) is 9.97 Å². The second kappa shape index (κ2) is 8.05. The van der Waals surface area contributed by atoms with Crippen LogP contribution in [-0.2, 0) is 11.3 Å². The molecule has 0 bridgehead atoms. The summed E-state index contributed by atoms with van der Waals surface area (Å²) in [4.78, 5) is 19.3. The Morgan fingerprint density at radius 3 is 2.67 bits per heavy atom. The van der Waals surface area contributed by atoms with Gasteiger partial charge in [0, 0.05) is 24.5 Å². The number of unbranched alkanes of at least 4 members (excludes halogenated alkanes) is 1. The van der Waals surface area contributed by atoms with Crippen molar-refractivity contribution in [1.82, 2.24) is 15.3 Å². The van der Waals surface area contributed by atoms with Gasteiger partial charge in [0.2, 0.25) is 0 Å². The van der Waals surface area contributed by atoms with Gasteiger partial charge in [-0.2, -0.15) is 0 Å². The molecule has 0 radical (unpaired) electrons. The molecule has 100 valence electrons. The number of aliphatic carboxylic acids is 1. The van der Waals surface area contributed by atoms with E-state index in [1.54, 1.807) is 12.4 Å². The Kier molecular flexibility index (Phi) is 6.67. The molecule has 1 aromatic heterocycles. The summed E-state index contributed by atoms with van der Waals surface area (Å²) in [6.45, 7) is 2.53. The molecule has 0 saturated heterocycles. The molecule has 1 rings (SSSR count). The minimum Gasteiger partial charge on any atom is -0.480 e. The van der Waals surface area contributed by atoms with E-state index in [1.807, 2.05) is 13.2 Å². The Morgan fingerprint density at radius 1 is 1.50 bits per heavy atom. The van der Waals surface area contributed by atoms with Crippen LogP contribution in [0.25, 0.3) is 0 Å². The molecule has 0 unspecified atom stereocenters. The van der Waals surface area contributed by atoms with Crippen molar-refractivity contribution >= 4 is 17.7 Å². The first-order chi connectivity index (χ1) is 8.67. The lowest BCUT2D eigenvalue weighted by Crippen LogP contribution is -2.36. The van der Waals surface area contributed by atoms with Gasteiger partial charge in [0.25, 0.3) is 0 Å². The third-order valence-electron chi connectivity index (χ3n) is 2.56. The molecular formula is C12H19N3O2S. The summed E-state index contributed by atoms with van der Waals surface area (Å²) < 4.78 is 0. The fraction of sp³-hybridized carbons (Fsp3) is 0.583. The first-order valence-corrected chi connectivity index (χ1v) is 7.21. The molecule has 0 aliphatic rings. The first-order valence-electron chi connectivity index (χ1n) is 5.98. The number of carbonyl (C=O) groups is 1. The van der Waals surface area contributed by atoms with Gasteiger partial charge in [-0.05, 0) is 12.7 Å². The summed E-state index contributed by atoms with van der Waals surface area (Å²) in [5.74, 6) is -0.801. The smallest absolute Gasteiger partial charge is 0.320 e. The van der Waals surface area contributed by atoms with Gasteiger partial charge >= 0.3 is 5.97 Å². The van der Waals surface area contributed by atoms with Crippen molar-refractivity contribution in [2.75, 3.05) is 6.26 Å². The number of aromatic nitrogens is 2. The highest BCUT2D eigenvalue weighted by molar-refractivity contribution is 7.98. The molecule has 1 aromatic rings. The molecule has 6 heteroatoms. The minimum absolute atomic E-state index is 0.481. The zero-order valence-corrected chi connectivity index (χ0v) is 11.5. The van der Waals surface area contributed by atoms with Crippen LogP contribution in [0.4, 0.5) is 0 Å². The predicted molar refractivity (Wildman–Crippen MR) is 71.6 cm³/mol. The largest absolute Gasteiger partial charge is 0.480 e. The number of nitrogens with one attached hydrogen (secondary N) is 1. The molecule has 0 amide bonds. The highest BCUT2D eigenvalue weighted by Crippen LogP contribution is 2.07. The van der Waals surface area contributed by atoms with E-state index >= 15 is 0 Å². The van der Waals surface area contributed by atoms with Gasteiger partial charge < -0.3 is 10.4 Å². The van der Waals surface area contributed by atoms with Crippen molar-refractivity contribution in [1.29, 1.82) is 0 Å². The summed E-state index contributed by atoms with van der Waals surface area (Å²) in [6, 6.07) is -0.495. The zero-order valence-electron chi connectivity index (χ0n) is 10.7. The van der Waals surface area contributed by atoms with Crippen molar-refractivity contribution in [3.8, 4) is 0 Å². The number of carboxylic acid groups (broad SMARTS) is 1. The average molecular weight is 269 g/mol. The molecule has 0 aliphatic carbocycles. The lowest BCUT2D eigenvalue weighted by Gasteiger charge is -2.13. The SMILES string of the molecule is CCCC[C@@H](NCc1cnc(SC)nc1)C(=O)O. The number of nitrogens with zero attached hydrogens (tertiary/aromatic N) is 2. The first kappa shape index (κ1) is 14.9. The van der Waals surface area contributed by atoms with Crippen LogP contribution in [0.15, 0.2) is 17.6 Å². The molecule has 18 heavy (non-hydrogen) atoms. The lowest BCUT2D eigenvalue weighted by atomic mass is 10.1. The number of carboxylic acids is 1. The molecule has 0 aromatic carbocycles. The van der Waals surface area contributed by atoms with Crippen LogP contribution < -0.4 is 5.32 Å². The number of rotatable bonds is 8. The number of hydrogen-bond donors (Lipinski definition) is 2. The van der Waals surface area contributed by atoms with Gasteiger partial charge in [0.1, 0.15) is 6.04 Å². The third-order valence-corrected chi connectivity index (χ3v) is 3.14. The minimum atomic E-state index is -0.801. The quantitative estimate of drug-likeness (QED) is 0.555. The maximum absolute atomic E-state index is 11.0. The zero-order chi connectivity index (χ0) is 13.4. The van der Waals surface area contributed by atoms with Gasteiger partial charge in [-0.1, -0.05) is 31.5 Å². The van der Waals surface area contributed by atoms with E-state index in [-0.39, 0.29) is 0 Å². The van der Waals surface area contributed by atoms with Gasteiger partial charge in [0.05, 0.1) is 0 Å². The van der Waals surface area contributed by atoms with Crippen LogP contribution in [0.5, 0.6) is 0 Å². The average Bonchev–Trinajstić information content (AvgIpc) is 2.39. The Hall–Kier alpha value is -1.14. The molecule has 2 N–H and O–H groups in total. The van der Waals surface area contributed by atoms with Crippen molar-refractivity contribution in [3.05, 3.63) is 18.0 Å². The summed E-state index contributed by atoms with van der Waals surface area (Å²) in [5.41, 5.74) is 0.899. The second-order valence-electron chi connectivity index (χ2n) is 3.99. The van der Waals surface area contributed by atoms with E-state index < -0.39 is 12.0 Å². The normalized spacial score (nSPS) is 12.3. The van der Waals surface area contributed by atoms with Crippen LogP contribution in [0.3, 0.4) is 0 Å². The summed E-state index contributed by atoms with van der Waals surface area (Å²) in [5, 5.41) is 12.8. The van der Waals surface area contributed by atoms with Crippen molar-refractivity contribution in [2.24, 2.45) is 0 Å². The molecule has 0 aliphatic heterocycles. The fourth-order valence-electron chi connectivity index (χ4n) is 1.50. The second-order valence-corrected chi connectivity index (χ2v) is 4.77. The van der Waals surface area contributed by atoms with Crippen molar-refractivity contribution < 1.29 is 9.90 Å². The monoisotopic (exact) mass is 269 g/mol. The highest BCUT2D eigenvalue weighted by Gasteiger charge is 2.15. The topological polar surface area (TPSA) is 75.1 Å². The highest BCUT2D eigenvalue weighted by atomic mass is 32.2. The Labute approximate surface area is 111 Å². The van der Waals surface area contributed by atoms with E-state index in [9.17, 15) is 4.79 Å². The number of hydrogen-bond acceptors (Lipinski definition) is 5. The van der Waals surface area contributed by atoms with Crippen LogP contribution in [-0.4, -0.2) is 33.3 Å². The van der Waals surface area contributed by atoms with E-state index in [2.05, 4.69) is 15.3 Å². The van der Waals surface area contributed by atoms with Crippen LogP contribution >= 0.6 is 11.8 Å². The molecule has 0 spiro atoms. The van der Waals surface area contributed by atoms with Crippen LogP contribution in [0, 0.1) is 0 Å². The van der Waals surface area contributed by atoms with Crippen molar-refractivity contribution in [2.45, 2.75) is 43.9 Å². The maximum Gasteiger partial charge on any atom is 0.320 e. The van der Waals surface area contributed by atoms with Gasteiger partial charge in [0.15, 0.2) is 5.16 Å². The fourth-order valence-corrected chi connectivity index (χ4v) is 1.82. The molecular weight excluding hydrogens is 250 g/mol. The molecule has 1 atom stereocenters. The molecule has 5 nitrogen and oxygen atoms in total. The molecule has 0 fully saturated rings. The van der Waals surface area contributed by atoms with Gasteiger partial charge in [-0.15, -0.1) is 0 Å². The Balaban J connectivity index is 2.47. The molecule has 1 heterocycles. The van der Waals surface area contributed by atoms with Crippen LogP contribution in [0.2, 0.25) is 0 Å². The maximum atomic E-state index is 11.0. The Morgan fingerprint density at radius 2 is 2.17 bits per heavy atom. The predicted octanol–water partition coefficient (Wildman–Crippen LogP) is 1.93. The summed E-state index contributed by atoms with van der Waals surface area (Å²) >= 11 is 1.48. The van der Waals surface area contributed by atoms with Crippen molar-refractivity contribution in [3.63, 3.8) is 0 Å². The van der Waals surface area contributed by atoms with Gasteiger partial charge in [-0.3, -0.25) is 4.79 Å².